The average molecular weight is 698 g/mol. The zero-order valence-electron chi connectivity index (χ0n) is 26.5. The Hall–Kier alpha value is -4.89. The van der Waals surface area contributed by atoms with Gasteiger partial charge in [0.05, 0.1) is 24.3 Å². The number of imidazole rings is 1. The maximum absolute atomic E-state index is 15.3. The van der Waals surface area contributed by atoms with Crippen molar-refractivity contribution in [2.24, 2.45) is 7.05 Å². The van der Waals surface area contributed by atoms with Gasteiger partial charge in [-0.25, -0.2) is 13.8 Å². The highest BCUT2D eigenvalue weighted by Crippen LogP contribution is 2.38. The Kier molecular flexibility index (Phi) is 9.54. The third kappa shape index (κ3) is 6.85. The van der Waals surface area contributed by atoms with Gasteiger partial charge in [-0.1, -0.05) is 6.58 Å². The third-order valence-electron chi connectivity index (χ3n) is 8.71. The van der Waals surface area contributed by atoms with Crippen molar-refractivity contribution < 1.29 is 44.7 Å². The van der Waals surface area contributed by atoms with Crippen molar-refractivity contribution in [3.8, 4) is 11.1 Å². The molecule has 8 nitrogen and oxygen atoms in total. The number of aryl methyl sites for hydroxylation is 1. The summed E-state index contributed by atoms with van der Waals surface area (Å²) in [5.41, 5.74) is -3.76. The minimum atomic E-state index is -4.86. The summed E-state index contributed by atoms with van der Waals surface area (Å²) in [6.45, 7) is 5.03. The number of hydrogen-bond acceptors (Lipinski definition) is 5. The molecule has 0 spiro atoms. The van der Waals surface area contributed by atoms with Gasteiger partial charge >= 0.3 is 12.4 Å². The Morgan fingerprint density at radius 2 is 1.78 bits per heavy atom. The molecule has 0 unspecified atom stereocenters. The van der Waals surface area contributed by atoms with Crippen molar-refractivity contribution in [1.29, 1.82) is 0 Å². The maximum atomic E-state index is 15.3. The first-order valence-corrected chi connectivity index (χ1v) is 15.0. The molecule has 1 saturated heterocycles. The number of hydrogen-bond donors (Lipinski definition) is 1. The predicted octanol–water partition coefficient (Wildman–Crippen LogP) is 6.73. The molecule has 5 rings (SSSR count). The topological polar surface area (TPSA) is 80.9 Å². The zero-order chi connectivity index (χ0) is 36.0. The molecule has 4 heterocycles. The third-order valence-corrected chi connectivity index (χ3v) is 8.71. The van der Waals surface area contributed by atoms with Crippen molar-refractivity contribution in [2.75, 3.05) is 18.6 Å². The van der Waals surface area contributed by atoms with Crippen LogP contribution < -0.4 is 15.8 Å². The van der Waals surface area contributed by atoms with Crippen LogP contribution in [0.2, 0.25) is 0 Å². The van der Waals surface area contributed by atoms with Gasteiger partial charge in [0.25, 0.3) is 11.5 Å². The number of amides is 1. The van der Waals surface area contributed by atoms with Gasteiger partial charge in [0.15, 0.2) is 0 Å². The van der Waals surface area contributed by atoms with E-state index in [2.05, 4.69) is 16.9 Å². The molecule has 49 heavy (non-hydrogen) atoms. The highest BCUT2D eigenvalue weighted by Gasteiger charge is 2.45. The van der Waals surface area contributed by atoms with Crippen LogP contribution in [-0.2, 0) is 24.4 Å². The van der Waals surface area contributed by atoms with Gasteiger partial charge in [-0.3, -0.25) is 9.59 Å². The van der Waals surface area contributed by atoms with E-state index in [9.17, 15) is 35.9 Å². The Balaban J connectivity index is 1.48. The molecule has 3 aromatic heterocycles. The zero-order valence-corrected chi connectivity index (χ0v) is 26.5. The number of nitrogens with one attached hydrogen (secondary N) is 1. The van der Waals surface area contributed by atoms with Crippen LogP contribution in [0.5, 0.6) is 0 Å². The monoisotopic (exact) mass is 697 g/mol. The van der Waals surface area contributed by atoms with Crippen molar-refractivity contribution >= 4 is 17.2 Å². The molecule has 1 amide bonds. The SMILES string of the molecule is C=C(OC)[C@H](Cc1ccc(-c2c(C(F)(F)F)cc(C)n(C)c2=O)c2nccn12)NC(=O)c1c(F)cc(N2CCCC[C@@H]2C(F)(F)F)cc1F. The molecular formula is C33H31F8N5O3. The van der Waals surface area contributed by atoms with Gasteiger partial charge in [0, 0.05) is 55.0 Å². The lowest BCUT2D eigenvalue weighted by molar-refractivity contribution is -0.152. The van der Waals surface area contributed by atoms with Crippen LogP contribution in [0.25, 0.3) is 16.8 Å². The van der Waals surface area contributed by atoms with Crippen LogP contribution in [0.3, 0.4) is 0 Å². The van der Waals surface area contributed by atoms with Gasteiger partial charge in [-0.15, -0.1) is 0 Å². The fourth-order valence-corrected chi connectivity index (χ4v) is 6.09. The Morgan fingerprint density at radius 3 is 2.39 bits per heavy atom. The molecule has 16 heteroatoms. The van der Waals surface area contributed by atoms with E-state index in [1.54, 1.807) is 0 Å². The van der Waals surface area contributed by atoms with Gasteiger partial charge in [-0.05, 0) is 56.5 Å². The molecule has 1 aliphatic rings. The van der Waals surface area contributed by atoms with Gasteiger partial charge in [0.2, 0.25) is 0 Å². The summed E-state index contributed by atoms with van der Waals surface area (Å²) in [5, 5.41) is 2.43. The highest BCUT2D eigenvalue weighted by molar-refractivity contribution is 5.95. The molecule has 0 aliphatic carbocycles. The van der Waals surface area contributed by atoms with E-state index in [1.807, 2.05) is 0 Å². The number of anilines is 1. The molecule has 262 valence electrons. The minimum Gasteiger partial charge on any atom is -0.500 e. The molecule has 1 aliphatic heterocycles. The summed E-state index contributed by atoms with van der Waals surface area (Å²) in [6, 6.07) is 1.81. The predicted molar refractivity (Wildman–Crippen MR) is 164 cm³/mol. The summed E-state index contributed by atoms with van der Waals surface area (Å²) in [6.07, 6.45) is -6.52. The van der Waals surface area contributed by atoms with E-state index in [4.69, 9.17) is 4.74 Å². The fraction of sp³-hybridized carbons (Fsp3) is 0.364. The first-order chi connectivity index (χ1) is 22.9. The Bertz CT molecular complexity index is 1960. The number of pyridine rings is 2. The number of benzene rings is 1. The van der Waals surface area contributed by atoms with E-state index >= 15 is 8.78 Å². The second-order valence-electron chi connectivity index (χ2n) is 11.7. The number of rotatable bonds is 8. The van der Waals surface area contributed by atoms with Crippen LogP contribution in [-0.4, -0.2) is 51.8 Å². The first kappa shape index (κ1) is 35.4. The largest absolute Gasteiger partial charge is 0.500 e. The number of alkyl halides is 6. The van der Waals surface area contributed by atoms with Crippen molar-refractivity contribution in [3.05, 3.63) is 99.6 Å². The van der Waals surface area contributed by atoms with E-state index in [-0.39, 0.29) is 47.7 Å². The summed E-state index contributed by atoms with van der Waals surface area (Å²) in [4.78, 5) is 31.4. The molecule has 0 saturated carbocycles. The molecule has 0 bridgehead atoms. The fourth-order valence-electron chi connectivity index (χ4n) is 6.09. The minimum absolute atomic E-state index is 0.0142. The van der Waals surface area contributed by atoms with Gasteiger partial charge in [-0.2, -0.15) is 26.3 Å². The quantitative estimate of drug-likeness (QED) is 0.163. The van der Waals surface area contributed by atoms with Crippen LogP contribution >= 0.6 is 0 Å². The second kappa shape index (κ2) is 13.2. The number of fused-ring (bicyclic) bond motifs is 1. The standard InChI is InChI=1S/C33H31F8N5O3/c1-17-13-22(32(36,37)38)27(31(48)44(17)3)21-9-8-19(46-12-10-42-29(21)46)16-25(18(2)49-4)43-30(47)28-23(34)14-20(15-24(28)35)45-11-6-5-7-26(45)33(39,40)41/h8-10,12-15,25-26H,2,5-7,11,16H2,1,3-4H3,(H,43,47)/t25-,26+/m0/s1. The smallest absolute Gasteiger partial charge is 0.417 e. The molecule has 2 atom stereocenters. The number of halogens is 8. The summed E-state index contributed by atoms with van der Waals surface area (Å²) >= 11 is 0. The van der Waals surface area contributed by atoms with Crippen molar-refractivity contribution in [3.63, 3.8) is 0 Å². The van der Waals surface area contributed by atoms with Crippen LogP contribution in [0.4, 0.5) is 40.8 Å². The second-order valence-corrected chi connectivity index (χ2v) is 11.7. The Morgan fingerprint density at radius 1 is 1.10 bits per heavy atom. The lowest BCUT2D eigenvalue weighted by atomic mass is 9.99. The summed E-state index contributed by atoms with van der Waals surface area (Å²) in [7, 11) is 2.57. The van der Waals surface area contributed by atoms with E-state index in [0.717, 1.165) is 15.5 Å². The maximum Gasteiger partial charge on any atom is 0.417 e. The number of carbonyl (C=O) groups is 1. The van der Waals surface area contributed by atoms with Crippen LogP contribution in [0.15, 0.2) is 59.9 Å². The van der Waals surface area contributed by atoms with E-state index in [0.29, 0.717) is 30.7 Å². The number of ether oxygens (including phenoxy) is 1. The normalized spacial score (nSPS) is 16.1. The average Bonchev–Trinajstić information content (AvgIpc) is 3.53. The number of methoxy groups -OCH3 is 1. The molecule has 1 aromatic carbocycles. The number of piperidine rings is 1. The number of carbonyl (C=O) groups excluding carboxylic acids is 1. The molecule has 1 N–H and O–H groups in total. The lowest BCUT2D eigenvalue weighted by Gasteiger charge is -2.38. The van der Waals surface area contributed by atoms with Crippen LogP contribution in [0, 0.1) is 18.6 Å². The molecule has 0 radical (unpaired) electrons. The first-order valence-electron chi connectivity index (χ1n) is 15.0. The molecular weight excluding hydrogens is 666 g/mol. The van der Waals surface area contributed by atoms with Gasteiger partial charge in [0.1, 0.15) is 34.6 Å². The van der Waals surface area contributed by atoms with E-state index in [1.165, 1.54) is 50.0 Å². The highest BCUT2D eigenvalue weighted by atomic mass is 19.4. The van der Waals surface area contributed by atoms with Crippen LogP contribution in [0.1, 0.15) is 46.6 Å². The van der Waals surface area contributed by atoms with Gasteiger partial charge < -0.3 is 23.9 Å². The van der Waals surface area contributed by atoms with Crippen molar-refractivity contribution in [1.82, 2.24) is 19.3 Å². The molecule has 1 fully saturated rings. The number of aromatic nitrogens is 3. The lowest BCUT2D eigenvalue weighted by Crippen LogP contribution is -2.49. The van der Waals surface area contributed by atoms with E-state index < -0.39 is 64.2 Å². The Labute approximate surface area is 274 Å². The van der Waals surface area contributed by atoms with Crippen molar-refractivity contribution in [2.45, 2.75) is 57.0 Å². The molecule has 4 aromatic rings. The summed E-state index contributed by atoms with van der Waals surface area (Å²) < 4.78 is 121. The summed E-state index contributed by atoms with van der Waals surface area (Å²) in [5.74, 6) is -4.09. The number of nitrogens with zero attached hydrogens (tertiary/aromatic N) is 4.